The Balaban J connectivity index is 1.82. The summed E-state index contributed by atoms with van der Waals surface area (Å²) in [4.78, 5) is 24.9. The van der Waals surface area contributed by atoms with E-state index in [0.29, 0.717) is 18.8 Å². The second-order valence-corrected chi connectivity index (χ2v) is 9.97. The standard InChI is InChI=1S/C26H42N2O4/c1-19(2)16-21(17-23(29)26(3,27)22-12-8-5-9-13-22)25(31)28-15-14-24(30)32-18-20-10-6-4-7-11-20/h4,6-7,10-11,19,21-23,29H,5,8-9,12-18,27H2,1-3H3,(H,28,31)/t21-,23+,26+/m1/s1. The van der Waals surface area contributed by atoms with E-state index in [1.807, 2.05) is 37.3 Å². The third kappa shape index (κ3) is 8.55. The number of hydrogen-bond donors (Lipinski definition) is 3. The van der Waals surface area contributed by atoms with Crippen LogP contribution in [0.3, 0.4) is 0 Å². The molecule has 1 fully saturated rings. The van der Waals surface area contributed by atoms with E-state index in [0.717, 1.165) is 31.2 Å². The highest BCUT2D eigenvalue weighted by Gasteiger charge is 2.39. The van der Waals surface area contributed by atoms with Gasteiger partial charge in [0.2, 0.25) is 5.91 Å². The average Bonchev–Trinajstić information content (AvgIpc) is 2.78. The Morgan fingerprint density at radius 1 is 1.16 bits per heavy atom. The fourth-order valence-corrected chi connectivity index (χ4v) is 4.64. The summed E-state index contributed by atoms with van der Waals surface area (Å²) in [6, 6.07) is 9.50. The van der Waals surface area contributed by atoms with Crippen LogP contribution in [0, 0.1) is 17.8 Å². The molecule has 4 N–H and O–H groups in total. The van der Waals surface area contributed by atoms with Crippen LogP contribution in [0.4, 0.5) is 0 Å². The highest BCUT2D eigenvalue weighted by Crippen LogP contribution is 2.35. The van der Waals surface area contributed by atoms with E-state index in [1.54, 1.807) is 0 Å². The van der Waals surface area contributed by atoms with E-state index in [1.165, 1.54) is 6.42 Å². The molecule has 0 heterocycles. The summed E-state index contributed by atoms with van der Waals surface area (Å²) < 4.78 is 5.26. The normalized spacial score (nSPS) is 18.6. The first-order chi connectivity index (χ1) is 15.2. The third-order valence-electron chi connectivity index (χ3n) is 6.71. The van der Waals surface area contributed by atoms with Crippen LogP contribution < -0.4 is 11.1 Å². The highest BCUT2D eigenvalue weighted by molar-refractivity contribution is 5.79. The van der Waals surface area contributed by atoms with Crippen LogP contribution in [0.15, 0.2) is 30.3 Å². The molecule has 0 aliphatic heterocycles. The highest BCUT2D eigenvalue weighted by atomic mass is 16.5. The number of nitrogens with one attached hydrogen (secondary N) is 1. The monoisotopic (exact) mass is 446 g/mol. The quantitative estimate of drug-likeness (QED) is 0.422. The summed E-state index contributed by atoms with van der Waals surface area (Å²) >= 11 is 0. The van der Waals surface area contributed by atoms with E-state index in [4.69, 9.17) is 10.5 Å². The summed E-state index contributed by atoms with van der Waals surface area (Å²) in [5, 5.41) is 13.8. The molecular weight excluding hydrogens is 404 g/mol. The van der Waals surface area contributed by atoms with Crippen molar-refractivity contribution >= 4 is 11.9 Å². The molecule has 0 bridgehead atoms. The Bertz CT molecular complexity index is 699. The van der Waals surface area contributed by atoms with Gasteiger partial charge < -0.3 is 20.9 Å². The zero-order chi connectivity index (χ0) is 23.6. The zero-order valence-electron chi connectivity index (χ0n) is 20.0. The molecule has 6 heteroatoms. The van der Waals surface area contributed by atoms with Gasteiger partial charge in [0.05, 0.1) is 12.5 Å². The maximum absolute atomic E-state index is 12.9. The number of carbonyl (C=O) groups excluding carboxylic acids is 2. The van der Waals surface area contributed by atoms with Crippen molar-refractivity contribution in [3.63, 3.8) is 0 Å². The molecule has 1 aromatic rings. The molecule has 1 aliphatic carbocycles. The number of hydrogen-bond acceptors (Lipinski definition) is 5. The minimum atomic E-state index is -0.740. The van der Waals surface area contributed by atoms with E-state index < -0.39 is 11.6 Å². The van der Waals surface area contributed by atoms with Crippen molar-refractivity contribution in [1.82, 2.24) is 5.32 Å². The number of amides is 1. The number of nitrogens with two attached hydrogens (primary N) is 1. The predicted molar refractivity (Wildman–Crippen MR) is 127 cm³/mol. The van der Waals surface area contributed by atoms with Gasteiger partial charge in [-0.25, -0.2) is 0 Å². The Morgan fingerprint density at radius 2 is 1.81 bits per heavy atom. The lowest BCUT2D eigenvalue weighted by atomic mass is 9.71. The number of esters is 1. The number of aliphatic hydroxyl groups excluding tert-OH is 1. The lowest BCUT2D eigenvalue weighted by Crippen LogP contribution is -2.55. The Labute approximate surface area is 193 Å². The van der Waals surface area contributed by atoms with Crippen molar-refractivity contribution in [2.24, 2.45) is 23.5 Å². The zero-order valence-corrected chi connectivity index (χ0v) is 20.0. The van der Waals surface area contributed by atoms with Gasteiger partial charge >= 0.3 is 5.97 Å². The van der Waals surface area contributed by atoms with Gasteiger partial charge in [-0.1, -0.05) is 63.4 Å². The molecule has 32 heavy (non-hydrogen) atoms. The maximum atomic E-state index is 12.9. The second-order valence-electron chi connectivity index (χ2n) is 9.97. The van der Waals surface area contributed by atoms with E-state index in [-0.39, 0.29) is 43.3 Å². The van der Waals surface area contributed by atoms with Crippen molar-refractivity contribution in [3.8, 4) is 0 Å². The Morgan fingerprint density at radius 3 is 2.44 bits per heavy atom. The van der Waals surface area contributed by atoms with Gasteiger partial charge in [-0.05, 0) is 50.0 Å². The number of carbonyl (C=O) groups is 2. The smallest absolute Gasteiger partial charge is 0.307 e. The van der Waals surface area contributed by atoms with Gasteiger partial charge in [-0.2, -0.15) is 0 Å². The number of benzene rings is 1. The fraction of sp³-hybridized carbons (Fsp3) is 0.692. The van der Waals surface area contributed by atoms with Crippen LogP contribution in [0.5, 0.6) is 0 Å². The van der Waals surface area contributed by atoms with E-state index in [9.17, 15) is 14.7 Å². The average molecular weight is 447 g/mol. The lowest BCUT2D eigenvalue weighted by molar-refractivity contribution is -0.144. The van der Waals surface area contributed by atoms with Crippen molar-refractivity contribution in [2.45, 2.75) is 90.4 Å². The Kier molecular flexibility index (Phi) is 10.7. The lowest BCUT2D eigenvalue weighted by Gasteiger charge is -2.41. The number of ether oxygens (including phenoxy) is 1. The van der Waals surface area contributed by atoms with Crippen LogP contribution >= 0.6 is 0 Å². The van der Waals surface area contributed by atoms with Crippen LogP contribution in [-0.4, -0.2) is 35.2 Å². The molecule has 0 spiro atoms. The van der Waals surface area contributed by atoms with Gasteiger partial charge in [0.25, 0.3) is 0 Å². The van der Waals surface area contributed by atoms with Gasteiger partial charge in [-0.3, -0.25) is 9.59 Å². The number of aliphatic hydroxyl groups is 1. The molecule has 1 saturated carbocycles. The van der Waals surface area contributed by atoms with Crippen LogP contribution in [0.25, 0.3) is 0 Å². The van der Waals surface area contributed by atoms with Gasteiger partial charge in [-0.15, -0.1) is 0 Å². The summed E-state index contributed by atoms with van der Waals surface area (Å²) in [6.45, 7) is 6.51. The first-order valence-electron chi connectivity index (χ1n) is 12.1. The topological polar surface area (TPSA) is 102 Å². The molecule has 1 aromatic carbocycles. The van der Waals surface area contributed by atoms with Crippen molar-refractivity contribution < 1.29 is 19.4 Å². The van der Waals surface area contributed by atoms with Crippen LogP contribution in [0.2, 0.25) is 0 Å². The minimum absolute atomic E-state index is 0.117. The summed E-state index contributed by atoms with van der Waals surface area (Å²) in [5.74, 6) is -0.216. The summed E-state index contributed by atoms with van der Waals surface area (Å²) in [5.41, 5.74) is 6.82. The molecule has 2 rings (SSSR count). The Hall–Kier alpha value is -1.92. The molecule has 0 radical (unpaired) electrons. The molecule has 0 unspecified atom stereocenters. The van der Waals surface area contributed by atoms with E-state index in [2.05, 4.69) is 19.2 Å². The van der Waals surface area contributed by atoms with Crippen LogP contribution in [-0.2, 0) is 20.9 Å². The minimum Gasteiger partial charge on any atom is -0.461 e. The second kappa shape index (κ2) is 12.9. The van der Waals surface area contributed by atoms with Gasteiger partial charge in [0.1, 0.15) is 6.61 Å². The molecule has 6 nitrogen and oxygen atoms in total. The largest absolute Gasteiger partial charge is 0.461 e. The first-order valence-corrected chi connectivity index (χ1v) is 12.1. The molecule has 180 valence electrons. The molecule has 0 saturated heterocycles. The maximum Gasteiger partial charge on any atom is 0.307 e. The van der Waals surface area contributed by atoms with Crippen molar-refractivity contribution in [2.75, 3.05) is 6.54 Å². The van der Waals surface area contributed by atoms with Crippen molar-refractivity contribution in [3.05, 3.63) is 35.9 Å². The van der Waals surface area contributed by atoms with Gasteiger partial charge in [0.15, 0.2) is 0 Å². The first kappa shape index (κ1) is 26.3. The summed E-state index contributed by atoms with van der Waals surface area (Å²) in [6.07, 6.45) is 6.00. The molecule has 0 aromatic heterocycles. The molecule has 1 aliphatic rings. The van der Waals surface area contributed by atoms with Crippen LogP contribution in [0.1, 0.15) is 77.7 Å². The molecule has 3 atom stereocenters. The van der Waals surface area contributed by atoms with Crippen molar-refractivity contribution in [1.29, 1.82) is 0 Å². The SMILES string of the molecule is CC(C)C[C@H](C[C@H](O)[C@@](C)(N)C1CCCCC1)C(=O)NCCC(=O)OCc1ccccc1. The third-order valence-corrected chi connectivity index (χ3v) is 6.71. The molecular formula is C26H42N2O4. The van der Waals surface area contributed by atoms with Gasteiger partial charge in [0, 0.05) is 18.0 Å². The predicted octanol–water partition coefficient (Wildman–Crippen LogP) is 3.95. The summed E-state index contributed by atoms with van der Waals surface area (Å²) in [7, 11) is 0. The fourth-order valence-electron chi connectivity index (χ4n) is 4.64. The number of rotatable bonds is 12. The molecule has 1 amide bonds. The van der Waals surface area contributed by atoms with E-state index >= 15 is 0 Å².